The van der Waals surface area contributed by atoms with Crippen LogP contribution >= 0.6 is 0 Å². The number of nitrogens with zero attached hydrogens (tertiary/aromatic N) is 4. The van der Waals surface area contributed by atoms with Crippen LogP contribution in [0.4, 0.5) is 0 Å². The molecule has 25 heavy (non-hydrogen) atoms. The SMILES string of the molecule is c1ccc(Cc2ccc(-c3ccc(-c4ccccn4)nc3)cn2)nc1. The second-order valence-corrected chi connectivity index (χ2v) is 5.68. The topological polar surface area (TPSA) is 51.6 Å². The highest BCUT2D eigenvalue weighted by molar-refractivity contribution is 5.64. The van der Waals surface area contributed by atoms with Crippen LogP contribution < -0.4 is 0 Å². The van der Waals surface area contributed by atoms with Crippen molar-refractivity contribution in [2.24, 2.45) is 0 Å². The zero-order chi connectivity index (χ0) is 16.9. The zero-order valence-corrected chi connectivity index (χ0v) is 13.6. The third-order valence-electron chi connectivity index (χ3n) is 3.94. The van der Waals surface area contributed by atoms with Gasteiger partial charge in [-0.3, -0.25) is 19.9 Å². The Morgan fingerprint density at radius 3 is 1.80 bits per heavy atom. The summed E-state index contributed by atoms with van der Waals surface area (Å²) in [4.78, 5) is 17.7. The normalized spacial score (nSPS) is 10.6. The van der Waals surface area contributed by atoms with E-state index in [-0.39, 0.29) is 0 Å². The van der Waals surface area contributed by atoms with E-state index in [4.69, 9.17) is 0 Å². The first kappa shape index (κ1) is 15.1. The van der Waals surface area contributed by atoms with Gasteiger partial charge in [0, 0.05) is 53.7 Å². The highest BCUT2D eigenvalue weighted by atomic mass is 14.8. The highest BCUT2D eigenvalue weighted by Crippen LogP contribution is 2.21. The molecule has 4 aromatic heterocycles. The van der Waals surface area contributed by atoms with Crippen molar-refractivity contribution in [1.29, 1.82) is 0 Å². The lowest BCUT2D eigenvalue weighted by atomic mass is 10.1. The second-order valence-electron chi connectivity index (χ2n) is 5.68. The molecule has 0 bridgehead atoms. The molecule has 0 aliphatic carbocycles. The summed E-state index contributed by atoms with van der Waals surface area (Å²) in [7, 11) is 0. The molecular formula is C21H16N4. The number of hydrogen-bond donors (Lipinski definition) is 0. The van der Waals surface area contributed by atoms with Crippen LogP contribution in [0.1, 0.15) is 11.4 Å². The Labute approximate surface area is 146 Å². The van der Waals surface area contributed by atoms with Gasteiger partial charge >= 0.3 is 0 Å². The van der Waals surface area contributed by atoms with Crippen molar-refractivity contribution < 1.29 is 0 Å². The van der Waals surface area contributed by atoms with Crippen LogP contribution in [0, 0.1) is 0 Å². The van der Waals surface area contributed by atoms with Gasteiger partial charge in [0.05, 0.1) is 11.4 Å². The zero-order valence-electron chi connectivity index (χ0n) is 13.6. The maximum Gasteiger partial charge on any atom is 0.0886 e. The van der Waals surface area contributed by atoms with Gasteiger partial charge in [-0.15, -0.1) is 0 Å². The number of aromatic nitrogens is 4. The van der Waals surface area contributed by atoms with E-state index in [1.807, 2.05) is 67.0 Å². The fourth-order valence-electron chi connectivity index (χ4n) is 2.62. The molecule has 4 heterocycles. The van der Waals surface area contributed by atoms with Crippen molar-refractivity contribution in [3.8, 4) is 22.5 Å². The van der Waals surface area contributed by atoms with Gasteiger partial charge in [0.15, 0.2) is 0 Å². The molecule has 0 aromatic carbocycles. The predicted octanol–water partition coefficient (Wildman–Crippen LogP) is 4.19. The molecule has 0 saturated carbocycles. The number of hydrogen-bond acceptors (Lipinski definition) is 4. The Kier molecular flexibility index (Phi) is 4.25. The first-order valence-corrected chi connectivity index (χ1v) is 8.11. The molecule has 0 saturated heterocycles. The van der Waals surface area contributed by atoms with Gasteiger partial charge in [-0.25, -0.2) is 0 Å². The molecular weight excluding hydrogens is 308 g/mol. The van der Waals surface area contributed by atoms with Crippen molar-refractivity contribution >= 4 is 0 Å². The summed E-state index contributed by atoms with van der Waals surface area (Å²) in [6, 6.07) is 19.9. The van der Waals surface area contributed by atoms with Crippen LogP contribution in [-0.4, -0.2) is 19.9 Å². The molecule has 4 aromatic rings. The highest BCUT2D eigenvalue weighted by Gasteiger charge is 2.04. The Morgan fingerprint density at radius 1 is 0.520 bits per heavy atom. The van der Waals surface area contributed by atoms with Crippen LogP contribution in [0.25, 0.3) is 22.5 Å². The molecule has 120 valence electrons. The van der Waals surface area contributed by atoms with Crippen molar-refractivity contribution in [1.82, 2.24) is 19.9 Å². The molecule has 0 unspecified atom stereocenters. The molecule has 4 nitrogen and oxygen atoms in total. The molecule has 4 heteroatoms. The van der Waals surface area contributed by atoms with Crippen LogP contribution in [0.3, 0.4) is 0 Å². The van der Waals surface area contributed by atoms with Gasteiger partial charge in [-0.1, -0.05) is 24.3 Å². The van der Waals surface area contributed by atoms with Gasteiger partial charge in [0.2, 0.25) is 0 Å². The number of pyridine rings is 4. The Bertz CT molecular complexity index is 935. The van der Waals surface area contributed by atoms with Gasteiger partial charge in [-0.05, 0) is 36.4 Å². The van der Waals surface area contributed by atoms with Gasteiger partial charge < -0.3 is 0 Å². The van der Waals surface area contributed by atoms with E-state index < -0.39 is 0 Å². The molecule has 0 spiro atoms. The van der Waals surface area contributed by atoms with E-state index in [0.717, 1.165) is 40.3 Å². The van der Waals surface area contributed by atoms with Crippen molar-refractivity contribution in [3.05, 3.63) is 96.8 Å². The third kappa shape index (κ3) is 3.58. The lowest BCUT2D eigenvalue weighted by Crippen LogP contribution is -1.94. The molecule has 0 radical (unpaired) electrons. The monoisotopic (exact) mass is 324 g/mol. The summed E-state index contributed by atoms with van der Waals surface area (Å²) >= 11 is 0. The first-order valence-electron chi connectivity index (χ1n) is 8.11. The largest absolute Gasteiger partial charge is 0.261 e. The summed E-state index contributed by atoms with van der Waals surface area (Å²) in [5.41, 5.74) is 5.84. The fourth-order valence-corrected chi connectivity index (χ4v) is 2.62. The molecule has 4 rings (SSSR count). The van der Waals surface area contributed by atoms with Crippen molar-refractivity contribution in [2.45, 2.75) is 6.42 Å². The summed E-state index contributed by atoms with van der Waals surface area (Å²) in [5.74, 6) is 0. The van der Waals surface area contributed by atoms with E-state index in [1.54, 1.807) is 12.4 Å². The Morgan fingerprint density at radius 2 is 1.20 bits per heavy atom. The fraction of sp³-hybridized carbons (Fsp3) is 0.0476. The minimum atomic E-state index is 0.734. The van der Waals surface area contributed by atoms with Crippen molar-refractivity contribution in [2.75, 3.05) is 0 Å². The van der Waals surface area contributed by atoms with Crippen LogP contribution in [0.15, 0.2) is 85.5 Å². The quantitative estimate of drug-likeness (QED) is 0.565. The number of rotatable bonds is 4. The predicted molar refractivity (Wildman–Crippen MR) is 97.7 cm³/mol. The average molecular weight is 324 g/mol. The molecule has 0 amide bonds. The maximum atomic E-state index is 4.55. The smallest absolute Gasteiger partial charge is 0.0886 e. The first-order chi connectivity index (χ1) is 12.4. The summed E-state index contributed by atoms with van der Waals surface area (Å²) in [5, 5.41) is 0. The van der Waals surface area contributed by atoms with E-state index >= 15 is 0 Å². The van der Waals surface area contributed by atoms with Gasteiger partial charge in [-0.2, -0.15) is 0 Å². The Hall–Kier alpha value is -3.40. The lowest BCUT2D eigenvalue weighted by Gasteiger charge is -2.05. The maximum absolute atomic E-state index is 4.55. The summed E-state index contributed by atoms with van der Waals surface area (Å²) in [6.45, 7) is 0. The van der Waals surface area contributed by atoms with Crippen LogP contribution in [-0.2, 0) is 6.42 Å². The van der Waals surface area contributed by atoms with Gasteiger partial charge in [0.1, 0.15) is 0 Å². The van der Waals surface area contributed by atoms with E-state index in [0.29, 0.717) is 0 Å². The molecule has 0 fully saturated rings. The van der Waals surface area contributed by atoms with Crippen molar-refractivity contribution in [3.63, 3.8) is 0 Å². The van der Waals surface area contributed by atoms with E-state index in [1.165, 1.54) is 0 Å². The summed E-state index contributed by atoms with van der Waals surface area (Å²) in [6.07, 6.45) is 8.06. The Balaban J connectivity index is 1.52. The third-order valence-corrected chi connectivity index (χ3v) is 3.94. The molecule has 0 aliphatic heterocycles. The lowest BCUT2D eigenvalue weighted by molar-refractivity contribution is 1.01. The van der Waals surface area contributed by atoms with Crippen LogP contribution in [0.2, 0.25) is 0 Å². The minimum Gasteiger partial charge on any atom is -0.261 e. The average Bonchev–Trinajstić information content (AvgIpc) is 2.70. The van der Waals surface area contributed by atoms with Crippen LogP contribution in [0.5, 0.6) is 0 Å². The van der Waals surface area contributed by atoms with Gasteiger partial charge in [0.25, 0.3) is 0 Å². The molecule has 0 atom stereocenters. The minimum absolute atomic E-state index is 0.734. The van der Waals surface area contributed by atoms with E-state index in [2.05, 4.69) is 26.0 Å². The molecule has 0 N–H and O–H groups in total. The molecule has 0 aliphatic rings. The summed E-state index contributed by atoms with van der Waals surface area (Å²) < 4.78 is 0. The second kappa shape index (κ2) is 7.01. The van der Waals surface area contributed by atoms with E-state index in [9.17, 15) is 0 Å². The standard InChI is InChI=1S/C21H16N4/c1-3-11-22-18(5-1)13-19-9-7-16(14-24-19)17-8-10-21(25-15-17)20-6-2-4-12-23-20/h1-12,14-15H,13H2.